The fraction of sp³-hybridized carbons (Fsp3) is 0.800. The second-order valence-corrected chi connectivity index (χ2v) is 3.22. The number of Topliss-reactive ketones (excluding diaryl/α,β-unsaturated/α-hetero) is 1. The minimum atomic E-state index is -0.387. The van der Waals surface area contributed by atoms with Gasteiger partial charge in [0.05, 0.1) is 6.61 Å². The van der Waals surface area contributed by atoms with Crippen LogP contribution in [-0.4, -0.2) is 25.0 Å². The first-order valence-corrected chi connectivity index (χ1v) is 5.07. The van der Waals surface area contributed by atoms with Gasteiger partial charge in [-0.3, -0.25) is 0 Å². The molecular weight excluding hydrogens is 182 g/mol. The summed E-state index contributed by atoms with van der Waals surface area (Å²) >= 11 is 0. The standard InChI is InChI=1S/C10H19NO3/c1-3-4-7-11-10(13)14-8-5-6-9(2)12/h3-8H2,1-2H3,(H,11,13). The van der Waals surface area contributed by atoms with Gasteiger partial charge in [0, 0.05) is 13.0 Å². The number of alkyl carbamates (subject to hydrolysis) is 1. The van der Waals surface area contributed by atoms with Crippen LogP contribution in [0.4, 0.5) is 4.79 Å². The van der Waals surface area contributed by atoms with Crippen LogP contribution in [0.3, 0.4) is 0 Å². The van der Waals surface area contributed by atoms with Gasteiger partial charge in [0.15, 0.2) is 0 Å². The van der Waals surface area contributed by atoms with Crippen LogP contribution < -0.4 is 5.32 Å². The molecule has 0 fully saturated rings. The van der Waals surface area contributed by atoms with Crippen molar-refractivity contribution in [3.8, 4) is 0 Å². The molecule has 0 aliphatic rings. The molecule has 0 aromatic rings. The number of nitrogens with one attached hydrogen (secondary N) is 1. The Bertz CT molecular complexity index is 180. The fourth-order valence-corrected chi connectivity index (χ4v) is 0.904. The molecule has 0 aliphatic heterocycles. The van der Waals surface area contributed by atoms with Crippen molar-refractivity contribution in [3.63, 3.8) is 0 Å². The van der Waals surface area contributed by atoms with Gasteiger partial charge in [0.25, 0.3) is 0 Å². The maximum atomic E-state index is 10.9. The van der Waals surface area contributed by atoms with Crippen molar-refractivity contribution in [2.45, 2.75) is 39.5 Å². The summed E-state index contributed by atoms with van der Waals surface area (Å²) in [6, 6.07) is 0. The minimum Gasteiger partial charge on any atom is -0.450 e. The number of hydrogen-bond donors (Lipinski definition) is 1. The SMILES string of the molecule is CCCCNC(=O)OCCCC(C)=O. The van der Waals surface area contributed by atoms with Gasteiger partial charge in [0.1, 0.15) is 5.78 Å². The van der Waals surface area contributed by atoms with Crippen LogP contribution in [0.2, 0.25) is 0 Å². The Morgan fingerprint density at radius 2 is 2.00 bits per heavy atom. The van der Waals surface area contributed by atoms with Crippen LogP contribution in [-0.2, 0) is 9.53 Å². The van der Waals surface area contributed by atoms with Crippen molar-refractivity contribution in [2.24, 2.45) is 0 Å². The zero-order valence-electron chi connectivity index (χ0n) is 8.97. The number of amides is 1. The second-order valence-electron chi connectivity index (χ2n) is 3.22. The van der Waals surface area contributed by atoms with E-state index in [2.05, 4.69) is 12.2 Å². The topological polar surface area (TPSA) is 55.4 Å². The summed E-state index contributed by atoms with van der Waals surface area (Å²) in [7, 11) is 0. The van der Waals surface area contributed by atoms with Crippen LogP contribution in [0.25, 0.3) is 0 Å². The van der Waals surface area contributed by atoms with Crippen LogP contribution in [0.15, 0.2) is 0 Å². The Balaban J connectivity index is 3.22. The molecule has 0 aliphatic carbocycles. The molecule has 0 aromatic heterocycles. The predicted octanol–water partition coefficient (Wildman–Crippen LogP) is 1.88. The van der Waals surface area contributed by atoms with Crippen molar-refractivity contribution in [1.82, 2.24) is 5.32 Å². The van der Waals surface area contributed by atoms with Gasteiger partial charge in [-0.2, -0.15) is 0 Å². The number of rotatable bonds is 7. The summed E-state index contributed by atoms with van der Waals surface area (Å²) < 4.78 is 4.84. The summed E-state index contributed by atoms with van der Waals surface area (Å²) in [4.78, 5) is 21.5. The van der Waals surface area contributed by atoms with E-state index < -0.39 is 0 Å². The average molecular weight is 201 g/mol. The normalized spacial score (nSPS) is 9.57. The molecule has 0 aromatic carbocycles. The molecule has 0 bridgehead atoms. The smallest absolute Gasteiger partial charge is 0.407 e. The average Bonchev–Trinajstić information content (AvgIpc) is 2.13. The maximum Gasteiger partial charge on any atom is 0.407 e. The molecule has 0 saturated carbocycles. The highest BCUT2D eigenvalue weighted by Crippen LogP contribution is 1.92. The Morgan fingerprint density at radius 3 is 2.57 bits per heavy atom. The number of carbonyl (C=O) groups is 2. The number of ether oxygens (including phenoxy) is 1. The van der Waals surface area contributed by atoms with Crippen LogP contribution in [0.5, 0.6) is 0 Å². The highest BCUT2D eigenvalue weighted by Gasteiger charge is 2.00. The molecule has 0 rings (SSSR count). The molecule has 82 valence electrons. The van der Waals surface area contributed by atoms with E-state index in [1.807, 2.05) is 0 Å². The van der Waals surface area contributed by atoms with E-state index in [1.54, 1.807) is 0 Å². The predicted molar refractivity (Wildman–Crippen MR) is 54.2 cm³/mol. The summed E-state index contributed by atoms with van der Waals surface area (Å²) in [5.41, 5.74) is 0. The van der Waals surface area contributed by atoms with Crippen molar-refractivity contribution in [3.05, 3.63) is 0 Å². The van der Waals surface area contributed by atoms with Crippen LogP contribution >= 0.6 is 0 Å². The van der Waals surface area contributed by atoms with Crippen LogP contribution in [0.1, 0.15) is 39.5 Å². The molecule has 0 atom stereocenters. The van der Waals surface area contributed by atoms with E-state index in [9.17, 15) is 9.59 Å². The van der Waals surface area contributed by atoms with Crippen molar-refractivity contribution in [2.75, 3.05) is 13.2 Å². The Morgan fingerprint density at radius 1 is 1.29 bits per heavy atom. The lowest BCUT2D eigenvalue weighted by atomic mass is 10.2. The lowest BCUT2D eigenvalue weighted by Crippen LogP contribution is -2.25. The van der Waals surface area contributed by atoms with Crippen molar-refractivity contribution < 1.29 is 14.3 Å². The lowest BCUT2D eigenvalue weighted by Gasteiger charge is -2.05. The number of hydrogen-bond acceptors (Lipinski definition) is 3. The molecule has 0 saturated heterocycles. The van der Waals surface area contributed by atoms with Crippen LogP contribution in [0, 0.1) is 0 Å². The van der Waals surface area contributed by atoms with E-state index in [1.165, 1.54) is 6.92 Å². The molecule has 1 amide bonds. The van der Waals surface area contributed by atoms with E-state index in [0.717, 1.165) is 12.8 Å². The Labute approximate surface area is 85.0 Å². The second kappa shape index (κ2) is 8.53. The highest BCUT2D eigenvalue weighted by atomic mass is 16.5. The zero-order valence-corrected chi connectivity index (χ0v) is 8.97. The minimum absolute atomic E-state index is 0.125. The van der Waals surface area contributed by atoms with E-state index in [0.29, 0.717) is 26.0 Å². The molecule has 4 heteroatoms. The summed E-state index contributed by atoms with van der Waals surface area (Å²) in [6.07, 6.45) is 2.70. The lowest BCUT2D eigenvalue weighted by molar-refractivity contribution is -0.117. The molecule has 0 heterocycles. The summed E-state index contributed by atoms with van der Waals surface area (Å²) in [6.45, 7) is 4.56. The molecule has 0 radical (unpaired) electrons. The number of carbonyl (C=O) groups excluding carboxylic acids is 2. The third-order valence-corrected chi connectivity index (χ3v) is 1.71. The van der Waals surface area contributed by atoms with Gasteiger partial charge >= 0.3 is 6.09 Å². The first-order chi connectivity index (χ1) is 6.66. The first kappa shape index (κ1) is 12.9. The van der Waals surface area contributed by atoms with E-state index in [-0.39, 0.29) is 11.9 Å². The van der Waals surface area contributed by atoms with Gasteiger partial charge in [-0.25, -0.2) is 4.79 Å². The Kier molecular flexibility index (Phi) is 7.89. The molecular formula is C10H19NO3. The summed E-state index contributed by atoms with van der Waals surface area (Å²) in [5, 5.41) is 2.63. The molecule has 0 spiro atoms. The first-order valence-electron chi connectivity index (χ1n) is 5.07. The third-order valence-electron chi connectivity index (χ3n) is 1.71. The molecule has 0 unspecified atom stereocenters. The van der Waals surface area contributed by atoms with Gasteiger partial charge < -0.3 is 14.8 Å². The van der Waals surface area contributed by atoms with Gasteiger partial charge in [-0.1, -0.05) is 13.3 Å². The monoisotopic (exact) mass is 201 g/mol. The Hall–Kier alpha value is -1.06. The van der Waals surface area contributed by atoms with Gasteiger partial charge in [0.2, 0.25) is 0 Å². The highest BCUT2D eigenvalue weighted by molar-refractivity contribution is 5.75. The number of ketones is 1. The largest absolute Gasteiger partial charge is 0.450 e. The van der Waals surface area contributed by atoms with E-state index in [4.69, 9.17) is 4.74 Å². The molecule has 4 nitrogen and oxygen atoms in total. The molecule has 14 heavy (non-hydrogen) atoms. The van der Waals surface area contributed by atoms with Gasteiger partial charge in [-0.05, 0) is 19.8 Å². The zero-order chi connectivity index (χ0) is 10.8. The van der Waals surface area contributed by atoms with Crippen molar-refractivity contribution in [1.29, 1.82) is 0 Å². The maximum absolute atomic E-state index is 10.9. The number of unbranched alkanes of at least 4 members (excludes halogenated alkanes) is 1. The fourth-order valence-electron chi connectivity index (χ4n) is 0.904. The summed E-state index contributed by atoms with van der Waals surface area (Å²) in [5.74, 6) is 0.125. The van der Waals surface area contributed by atoms with Crippen molar-refractivity contribution >= 4 is 11.9 Å². The third kappa shape index (κ3) is 9.03. The van der Waals surface area contributed by atoms with E-state index >= 15 is 0 Å². The molecule has 1 N–H and O–H groups in total. The quantitative estimate of drug-likeness (QED) is 0.640. The van der Waals surface area contributed by atoms with Gasteiger partial charge in [-0.15, -0.1) is 0 Å².